The molecule has 80 valence electrons. The summed E-state index contributed by atoms with van der Waals surface area (Å²) in [6.45, 7) is 2.11. The minimum absolute atomic E-state index is 0.288. The SMILES string of the molecule is CC(CC1CC1)NC(C(=O)O)C1CC1. The van der Waals surface area contributed by atoms with Gasteiger partial charge in [-0.05, 0) is 38.0 Å². The van der Waals surface area contributed by atoms with Crippen LogP contribution in [0.2, 0.25) is 0 Å². The Morgan fingerprint density at radius 1 is 1.43 bits per heavy atom. The van der Waals surface area contributed by atoms with Gasteiger partial charge in [0.05, 0.1) is 0 Å². The fraction of sp³-hybridized carbons (Fsp3) is 0.909. The first kappa shape index (κ1) is 9.97. The van der Waals surface area contributed by atoms with Crippen LogP contribution in [0.25, 0.3) is 0 Å². The van der Waals surface area contributed by atoms with Crippen LogP contribution in [0.3, 0.4) is 0 Å². The third-order valence-electron chi connectivity index (χ3n) is 3.21. The van der Waals surface area contributed by atoms with E-state index in [4.69, 9.17) is 5.11 Å². The molecule has 2 saturated carbocycles. The molecule has 0 spiro atoms. The first-order chi connectivity index (χ1) is 6.66. The van der Waals surface area contributed by atoms with Gasteiger partial charge in [0.25, 0.3) is 0 Å². The van der Waals surface area contributed by atoms with Crippen LogP contribution in [-0.2, 0) is 4.79 Å². The van der Waals surface area contributed by atoms with Crippen LogP contribution in [0.4, 0.5) is 0 Å². The van der Waals surface area contributed by atoms with Crippen molar-refractivity contribution >= 4 is 5.97 Å². The Labute approximate surface area is 84.9 Å². The Hall–Kier alpha value is -0.570. The summed E-state index contributed by atoms with van der Waals surface area (Å²) >= 11 is 0. The molecule has 0 amide bonds. The lowest BCUT2D eigenvalue weighted by Gasteiger charge is -2.19. The molecule has 3 nitrogen and oxygen atoms in total. The summed E-state index contributed by atoms with van der Waals surface area (Å²) in [5.41, 5.74) is 0. The number of carboxylic acids is 1. The van der Waals surface area contributed by atoms with E-state index in [1.165, 1.54) is 12.8 Å². The van der Waals surface area contributed by atoms with Gasteiger partial charge in [-0.2, -0.15) is 0 Å². The van der Waals surface area contributed by atoms with Crippen molar-refractivity contribution in [2.75, 3.05) is 0 Å². The number of aliphatic carboxylic acids is 1. The van der Waals surface area contributed by atoms with Crippen LogP contribution in [0.15, 0.2) is 0 Å². The van der Waals surface area contributed by atoms with Gasteiger partial charge < -0.3 is 10.4 Å². The first-order valence-electron chi connectivity index (χ1n) is 5.65. The number of rotatable bonds is 6. The van der Waals surface area contributed by atoms with Gasteiger partial charge in [0.1, 0.15) is 6.04 Å². The maximum absolute atomic E-state index is 11.0. The molecule has 0 aromatic rings. The van der Waals surface area contributed by atoms with Crippen molar-refractivity contribution in [2.45, 2.75) is 51.1 Å². The second-order valence-corrected chi connectivity index (χ2v) is 4.90. The van der Waals surface area contributed by atoms with E-state index in [9.17, 15) is 4.79 Å². The monoisotopic (exact) mass is 197 g/mol. The zero-order valence-electron chi connectivity index (χ0n) is 8.70. The minimum Gasteiger partial charge on any atom is -0.480 e. The van der Waals surface area contributed by atoms with E-state index in [1.54, 1.807) is 0 Å². The third-order valence-corrected chi connectivity index (χ3v) is 3.21. The highest BCUT2D eigenvalue weighted by Crippen LogP contribution is 2.35. The fourth-order valence-electron chi connectivity index (χ4n) is 2.07. The molecular formula is C11H19NO2. The quantitative estimate of drug-likeness (QED) is 0.680. The number of carboxylic acid groups (broad SMARTS) is 1. The van der Waals surface area contributed by atoms with Crippen molar-refractivity contribution in [3.8, 4) is 0 Å². The van der Waals surface area contributed by atoms with Crippen molar-refractivity contribution in [1.82, 2.24) is 5.32 Å². The van der Waals surface area contributed by atoms with Gasteiger partial charge in [0.2, 0.25) is 0 Å². The molecule has 3 heteroatoms. The van der Waals surface area contributed by atoms with E-state index in [0.29, 0.717) is 12.0 Å². The topological polar surface area (TPSA) is 49.3 Å². The molecule has 2 unspecified atom stereocenters. The summed E-state index contributed by atoms with van der Waals surface area (Å²) in [6.07, 6.45) is 6.00. The maximum Gasteiger partial charge on any atom is 0.320 e. The van der Waals surface area contributed by atoms with Crippen molar-refractivity contribution in [3.05, 3.63) is 0 Å². The molecule has 0 aliphatic heterocycles. The molecule has 14 heavy (non-hydrogen) atoms. The highest BCUT2D eigenvalue weighted by Gasteiger charge is 2.37. The zero-order chi connectivity index (χ0) is 10.1. The first-order valence-corrected chi connectivity index (χ1v) is 5.65. The lowest BCUT2D eigenvalue weighted by Crippen LogP contribution is -2.43. The van der Waals surface area contributed by atoms with Gasteiger partial charge in [0.15, 0.2) is 0 Å². The lowest BCUT2D eigenvalue weighted by atomic mass is 10.1. The molecule has 0 saturated heterocycles. The molecule has 0 heterocycles. The van der Waals surface area contributed by atoms with Crippen molar-refractivity contribution < 1.29 is 9.90 Å². The van der Waals surface area contributed by atoms with Gasteiger partial charge in [-0.3, -0.25) is 4.79 Å². The van der Waals surface area contributed by atoms with E-state index < -0.39 is 5.97 Å². The summed E-state index contributed by atoms with van der Waals surface area (Å²) < 4.78 is 0. The molecule has 0 aromatic heterocycles. The second kappa shape index (κ2) is 3.89. The number of hydrogen-bond acceptors (Lipinski definition) is 2. The second-order valence-electron chi connectivity index (χ2n) is 4.90. The molecule has 0 radical (unpaired) electrons. The molecule has 2 fully saturated rings. The van der Waals surface area contributed by atoms with Crippen molar-refractivity contribution in [3.63, 3.8) is 0 Å². The van der Waals surface area contributed by atoms with E-state index in [0.717, 1.165) is 25.2 Å². The van der Waals surface area contributed by atoms with Crippen molar-refractivity contribution in [2.24, 2.45) is 11.8 Å². The number of hydrogen-bond donors (Lipinski definition) is 2. The summed E-state index contributed by atoms with van der Waals surface area (Å²) in [6, 6.07) is 0.0768. The van der Waals surface area contributed by atoms with Crippen molar-refractivity contribution in [1.29, 1.82) is 0 Å². The zero-order valence-corrected chi connectivity index (χ0v) is 8.70. The third kappa shape index (κ3) is 2.71. The number of carbonyl (C=O) groups is 1. The van der Waals surface area contributed by atoms with Gasteiger partial charge in [-0.25, -0.2) is 0 Å². The number of nitrogens with one attached hydrogen (secondary N) is 1. The molecule has 0 aromatic carbocycles. The fourth-order valence-corrected chi connectivity index (χ4v) is 2.07. The predicted octanol–water partition coefficient (Wildman–Crippen LogP) is 1.63. The Balaban J connectivity index is 1.76. The molecule has 2 aliphatic rings. The van der Waals surface area contributed by atoms with E-state index in [-0.39, 0.29) is 6.04 Å². The maximum atomic E-state index is 11.0. The Kier molecular flexibility index (Phi) is 2.77. The van der Waals surface area contributed by atoms with Crippen LogP contribution in [0, 0.1) is 11.8 Å². The van der Waals surface area contributed by atoms with Gasteiger partial charge in [0, 0.05) is 6.04 Å². The highest BCUT2D eigenvalue weighted by atomic mass is 16.4. The Bertz CT molecular complexity index is 221. The van der Waals surface area contributed by atoms with Crippen LogP contribution in [-0.4, -0.2) is 23.2 Å². The smallest absolute Gasteiger partial charge is 0.320 e. The minimum atomic E-state index is -0.671. The summed E-state index contributed by atoms with van der Waals surface area (Å²) in [5, 5.41) is 12.3. The molecule has 2 atom stereocenters. The summed E-state index contributed by atoms with van der Waals surface area (Å²) in [7, 11) is 0. The predicted molar refractivity (Wildman–Crippen MR) is 54.1 cm³/mol. The van der Waals surface area contributed by atoms with Gasteiger partial charge in [-0.1, -0.05) is 12.8 Å². The molecule has 2 N–H and O–H groups in total. The summed E-state index contributed by atoms with van der Waals surface area (Å²) in [5.74, 6) is 0.593. The van der Waals surface area contributed by atoms with Gasteiger partial charge in [-0.15, -0.1) is 0 Å². The van der Waals surface area contributed by atoms with E-state index in [1.807, 2.05) is 0 Å². The summed E-state index contributed by atoms with van der Waals surface area (Å²) in [4.78, 5) is 11.0. The highest BCUT2D eigenvalue weighted by molar-refractivity contribution is 5.74. The standard InChI is InChI=1S/C11H19NO2/c1-7(6-8-2-3-8)12-10(11(13)14)9-4-5-9/h7-10,12H,2-6H2,1H3,(H,13,14). The van der Waals surface area contributed by atoms with Gasteiger partial charge >= 0.3 is 5.97 Å². The van der Waals surface area contributed by atoms with E-state index in [2.05, 4.69) is 12.2 Å². The molecule has 0 bridgehead atoms. The average Bonchev–Trinajstić information content (AvgIpc) is 2.93. The Morgan fingerprint density at radius 2 is 2.07 bits per heavy atom. The van der Waals surface area contributed by atoms with E-state index >= 15 is 0 Å². The van der Waals surface area contributed by atoms with Crippen LogP contribution in [0.5, 0.6) is 0 Å². The normalized spacial score (nSPS) is 25.8. The molecule has 2 rings (SSSR count). The lowest BCUT2D eigenvalue weighted by molar-refractivity contribution is -0.140. The molecule has 2 aliphatic carbocycles. The average molecular weight is 197 g/mol. The van der Waals surface area contributed by atoms with Crippen LogP contribution < -0.4 is 5.32 Å². The van der Waals surface area contributed by atoms with Crippen LogP contribution in [0.1, 0.15) is 39.0 Å². The molecular weight excluding hydrogens is 178 g/mol. The largest absolute Gasteiger partial charge is 0.480 e. The van der Waals surface area contributed by atoms with Crippen LogP contribution >= 0.6 is 0 Å². The Morgan fingerprint density at radius 3 is 2.50 bits per heavy atom.